The SMILES string of the molecule is CCCC[C@@H]1C[C@H]2[C@@H]3CCC4=CC(=O)CC[C@]4(C)C3=CC[C@]2(C)[C@H]1C(=O)CO. The molecule has 0 spiro atoms. The molecule has 2 saturated carbocycles. The summed E-state index contributed by atoms with van der Waals surface area (Å²) >= 11 is 0. The van der Waals surface area contributed by atoms with Crippen LogP contribution in [0.4, 0.5) is 0 Å². The van der Waals surface area contributed by atoms with Gasteiger partial charge in [-0.05, 0) is 67.8 Å². The highest BCUT2D eigenvalue weighted by Crippen LogP contribution is 2.66. The number of unbranched alkanes of at least 4 members (excludes halogenated alkanes) is 1. The number of hydrogen-bond donors (Lipinski definition) is 1. The highest BCUT2D eigenvalue weighted by atomic mass is 16.3. The molecule has 4 aliphatic rings. The van der Waals surface area contributed by atoms with Crippen molar-refractivity contribution in [3.8, 4) is 0 Å². The van der Waals surface area contributed by atoms with E-state index in [9.17, 15) is 14.7 Å². The Labute approximate surface area is 169 Å². The molecule has 154 valence electrons. The maximum absolute atomic E-state index is 12.8. The number of aliphatic hydroxyl groups excluding tert-OH is 1. The number of carbonyl (C=O) groups is 2. The summed E-state index contributed by atoms with van der Waals surface area (Å²) in [5.41, 5.74) is 2.94. The summed E-state index contributed by atoms with van der Waals surface area (Å²) in [4.78, 5) is 24.8. The van der Waals surface area contributed by atoms with Gasteiger partial charge in [0, 0.05) is 17.8 Å². The summed E-state index contributed by atoms with van der Waals surface area (Å²) in [6, 6.07) is 0. The van der Waals surface area contributed by atoms with Crippen molar-refractivity contribution in [2.45, 2.75) is 78.6 Å². The highest BCUT2D eigenvalue weighted by Gasteiger charge is 2.60. The Balaban J connectivity index is 1.70. The maximum atomic E-state index is 12.8. The van der Waals surface area contributed by atoms with E-state index in [0.717, 1.165) is 44.9 Å². The number of aliphatic hydroxyl groups is 1. The zero-order valence-electron chi connectivity index (χ0n) is 17.8. The van der Waals surface area contributed by atoms with Crippen LogP contribution >= 0.6 is 0 Å². The van der Waals surface area contributed by atoms with E-state index in [-0.39, 0.29) is 29.1 Å². The van der Waals surface area contributed by atoms with Crippen molar-refractivity contribution in [2.24, 2.45) is 34.5 Å². The zero-order chi connectivity index (χ0) is 20.1. The highest BCUT2D eigenvalue weighted by molar-refractivity contribution is 5.92. The van der Waals surface area contributed by atoms with Crippen LogP contribution in [-0.4, -0.2) is 23.3 Å². The molecular formula is C25H36O3. The minimum absolute atomic E-state index is 0.00419. The molecule has 0 aromatic heterocycles. The zero-order valence-corrected chi connectivity index (χ0v) is 17.8. The predicted molar refractivity (Wildman–Crippen MR) is 111 cm³/mol. The second-order valence-corrected chi connectivity index (χ2v) is 10.3. The molecule has 0 aromatic carbocycles. The van der Waals surface area contributed by atoms with Crippen LogP contribution in [0, 0.1) is 34.5 Å². The summed E-state index contributed by atoms with van der Waals surface area (Å²) in [7, 11) is 0. The van der Waals surface area contributed by atoms with E-state index in [1.54, 1.807) is 5.57 Å². The third kappa shape index (κ3) is 2.88. The number of Topliss-reactive ketones (excluding diaryl/α,β-unsaturated/α-hetero) is 1. The van der Waals surface area contributed by atoms with Crippen molar-refractivity contribution in [1.29, 1.82) is 0 Å². The van der Waals surface area contributed by atoms with Gasteiger partial charge < -0.3 is 5.11 Å². The fourth-order valence-corrected chi connectivity index (χ4v) is 7.52. The molecule has 0 bridgehead atoms. The van der Waals surface area contributed by atoms with Gasteiger partial charge in [0.05, 0.1) is 0 Å². The molecular weight excluding hydrogens is 348 g/mol. The number of allylic oxidation sites excluding steroid dienone is 4. The van der Waals surface area contributed by atoms with Crippen LogP contribution in [0.15, 0.2) is 23.3 Å². The van der Waals surface area contributed by atoms with Gasteiger partial charge >= 0.3 is 0 Å². The molecule has 0 aliphatic heterocycles. The van der Waals surface area contributed by atoms with Crippen molar-refractivity contribution in [1.82, 2.24) is 0 Å². The minimum atomic E-state index is -0.316. The number of rotatable bonds is 5. The molecule has 6 atom stereocenters. The first-order chi connectivity index (χ1) is 13.3. The average molecular weight is 385 g/mol. The van der Waals surface area contributed by atoms with Gasteiger partial charge in [-0.1, -0.05) is 50.8 Å². The van der Waals surface area contributed by atoms with E-state index in [2.05, 4.69) is 26.8 Å². The van der Waals surface area contributed by atoms with Crippen molar-refractivity contribution < 1.29 is 14.7 Å². The maximum Gasteiger partial charge on any atom is 0.162 e. The Bertz CT molecular complexity index is 732. The molecule has 0 aromatic rings. The van der Waals surface area contributed by atoms with Gasteiger partial charge in [0.25, 0.3) is 0 Å². The van der Waals surface area contributed by atoms with E-state index < -0.39 is 0 Å². The number of fused-ring (bicyclic) bond motifs is 5. The smallest absolute Gasteiger partial charge is 0.162 e. The largest absolute Gasteiger partial charge is 0.389 e. The Morgan fingerprint density at radius 2 is 2.07 bits per heavy atom. The summed E-state index contributed by atoms with van der Waals surface area (Å²) < 4.78 is 0. The topological polar surface area (TPSA) is 54.4 Å². The standard InChI is InChI=1S/C25H36O3/c1-4-5-6-16-13-21-19-8-7-17-14-18(27)9-11-24(17,2)20(19)10-12-25(21,3)23(16)22(28)15-26/h10,14,16,19,21,23,26H,4-9,11-13,15H2,1-3H3/t16-,19-,21+,23-,24+,25+/m1/s1. The third-order valence-electron chi connectivity index (χ3n) is 8.94. The van der Waals surface area contributed by atoms with E-state index in [4.69, 9.17) is 0 Å². The van der Waals surface area contributed by atoms with Gasteiger partial charge in [0.15, 0.2) is 11.6 Å². The lowest BCUT2D eigenvalue weighted by molar-refractivity contribution is -0.131. The first-order valence-corrected chi connectivity index (χ1v) is 11.4. The molecule has 4 aliphatic carbocycles. The molecule has 3 heteroatoms. The lowest BCUT2D eigenvalue weighted by Crippen LogP contribution is -2.46. The Morgan fingerprint density at radius 3 is 2.79 bits per heavy atom. The molecule has 0 saturated heterocycles. The predicted octanol–water partition coefficient (Wildman–Crippen LogP) is 5.03. The lowest BCUT2D eigenvalue weighted by atomic mass is 9.51. The molecule has 28 heavy (non-hydrogen) atoms. The molecule has 0 unspecified atom stereocenters. The number of carbonyl (C=O) groups excluding carboxylic acids is 2. The van der Waals surface area contributed by atoms with Crippen LogP contribution in [0.25, 0.3) is 0 Å². The molecule has 2 fully saturated rings. The van der Waals surface area contributed by atoms with E-state index in [0.29, 0.717) is 30.0 Å². The van der Waals surface area contributed by atoms with Crippen LogP contribution in [0.5, 0.6) is 0 Å². The Hall–Kier alpha value is -1.22. The monoisotopic (exact) mass is 384 g/mol. The molecule has 0 radical (unpaired) electrons. The molecule has 0 amide bonds. The van der Waals surface area contributed by atoms with E-state index >= 15 is 0 Å². The Morgan fingerprint density at radius 1 is 1.29 bits per heavy atom. The van der Waals surface area contributed by atoms with Gasteiger partial charge in [0.2, 0.25) is 0 Å². The number of ketones is 2. The summed E-state index contributed by atoms with van der Waals surface area (Å²) in [6.45, 7) is 6.58. The third-order valence-corrected chi connectivity index (χ3v) is 8.94. The quantitative estimate of drug-likeness (QED) is 0.676. The molecule has 1 N–H and O–H groups in total. The molecule has 3 nitrogen and oxygen atoms in total. The second kappa shape index (κ2) is 7.23. The summed E-state index contributed by atoms with van der Waals surface area (Å²) in [6.07, 6.45) is 13.6. The normalized spacial score (nSPS) is 42.2. The van der Waals surface area contributed by atoms with Crippen molar-refractivity contribution in [3.05, 3.63) is 23.3 Å². The first-order valence-electron chi connectivity index (χ1n) is 11.4. The van der Waals surface area contributed by atoms with Crippen molar-refractivity contribution in [2.75, 3.05) is 6.61 Å². The van der Waals surface area contributed by atoms with Crippen LogP contribution in [0.1, 0.15) is 78.6 Å². The number of hydrogen-bond acceptors (Lipinski definition) is 3. The lowest BCUT2D eigenvalue weighted by Gasteiger charge is -2.53. The fourth-order valence-electron chi connectivity index (χ4n) is 7.52. The minimum Gasteiger partial charge on any atom is -0.389 e. The van der Waals surface area contributed by atoms with Gasteiger partial charge in [-0.2, -0.15) is 0 Å². The van der Waals surface area contributed by atoms with Crippen LogP contribution < -0.4 is 0 Å². The van der Waals surface area contributed by atoms with Gasteiger partial charge in [0.1, 0.15) is 6.61 Å². The van der Waals surface area contributed by atoms with Crippen molar-refractivity contribution >= 4 is 11.6 Å². The van der Waals surface area contributed by atoms with Crippen LogP contribution in [0.3, 0.4) is 0 Å². The van der Waals surface area contributed by atoms with Crippen LogP contribution in [-0.2, 0) is 9.59 Å². The van der Waals surface area contributed by atoms with Crippen LogP contribution in [0.2, 0.25) is 0 Å². The molecule has 4 rings (SSSR count). The van der Waals surface area contributed by atoms with Crippen molar-refractivity contribution in [3.63, 3.8) is 0 Å². The average Bonchev–Trinajstić information content (AvgIpc) is 2.98. The summed E-state index contributed by atoms with van der Waals surface area (Å²) in [5.74, 6) is 1.85. The molecule has 0 heterocycles. The Kier molecular flexibility index (Phi) is 5.18. The summed E-state index contributed by atoms with van der Waals surface area (Å²) in [5, 5.41) is 9.69. The van der Waals surface area contributed by atoms with E-state index in [1.807, 2.05) is 6.08 Å². The van der Waals surface area contributed by atoms with Gasteiger partial charge in [-0.3, -0.25) is 9.59 Å². The van der Waals surface area contributed by atoms with Gasteiger partial charge in [-0.15, -0.1) is 0 Å². The second-order valence-electron chi connectivity index (χ2n) is 10.3. The fraction of sp³-hybridized carbons (Fsp3) is 0.760. The van der Waals surface area contributed by atoms with Gasteiger partial charge in [-0.25, -0.2) is 0 Å². The van der Waals surface area contributed by atoms with E-state index in [1.165, 1.54) is 12.0 Å². The first kappa shape index (κ1) is 20.1.